The third-order valence-corrected chi connectivity index (χ3v) is 3.71. The van der Waals surface area contributed by atoms with Crippen LogP contribution >= 0.6 is 0 Å². The Bertz CT molecular complexity index is 566. The quantitative estimate of drug-likeness (QED) is 0.750. The minimum absolute atomic E-state index is 0.0759. The highest BCUT2D eigenvalue weighted by atomic mass is 32.2. The van der Waals surface area contributed by atoms with Gasteiger partial charge in [0.05, 0.1) is 5.75 Å². The molecule has 0 aliphatic carbocycles. The zero-order chi connectivity index (χ0) is 14.5. The van der Waals surface area contributed by atoms with E-state index in [4.69, 9.17) is 5.73 Å². The Kier molecular flexibility index (Phi) is 5.56. The first-order valence-electron chi connectivity index (χ1n) is 6.10. The van der Waals surface area contributed by atoms with Gasteiger partial charge < -0.3 is 15.2 Å². The largest absolute Gasteiger partial charge is 0.398 e. The fraction of sp³-hybridized carbons (Fsp3) is 0.583. The SMILES string of the molecule is CN(CCCn1cc(N)ccc1=O)CCS(C)(=O)=O. The summed E-state index contributed by atoms with van der Waals surface area (Å²) in [6, 6.07) is 3.03. The maximum Gasteiger partial charge on any atom is 0.250 e. The van der Waals surface area contributed by atoms with E-state index in [-0.39, 0.29) is 11.3 Å². The van der Waals surface area contributed by atoms with Crippen molar-refractivity contribution in [2.45, 2.75) is 13.0 Å². The van der Waals surface area contributed by atoms with Gasteiger partial charge in [-0.15, -0.1) is 0 Å². The number of nitrogen functional groups attached to an aromatic ring is 1. The predicted molar refractivity (Wildman–Crippen MR) is 76.9 cm³/mol. The molecule has 6 nitrogen and oxygen atoms in total. The third kappa shape index (κ3) is 6.40. The Balaban J connectivity index is 2.38. The first-order valence-corrected chi connectivity index (χ1v) is 8.16. The summed E-state index contributed by atoms with van der Waals surface area (Å²) in [5.74, 6) is 0.154. The van der Waals surface area contributed by atoms with Crippen molar-refractivity contribution in [3.8, 4) is 0 Å². The van der Waals surface area contributed by atoms with Gasteiger partial charge >= 0.3 is 0 Å². The highest BCUT2D eigenvalue weighted by Crippen LogP contribution is 1.98. The lowest BCUT2D eigenvalue weighted by Crippen LogP contribution is -2.28. The Morgan fingerprint density at radius 2 is 2.00 bits per heavy atom. The molecule has 1 rings (SSSR count). The zero-order valence-electron chi connectivity index (χ0n) is 11.4. The molecular weight excluding hydrogens is 266 g/mol. The molecule has 0 aromatic carbocycles. The average molecular weight is 287 g/mol. The number of hydrogen-bond acceptors (Lipinski definition) is 5. The van der Waals surface area contributed by atoms with Crippen LogP contribution in [0.1, 0.15) is 6.42 Å². The Morgan fingerprint density at radius 1 is 1.32 bits per heavy atom. The van der Waals surface area contributed by atoms with Crippen LogP contribution in [0.25, 0.3) is 0 Å². The molecule has 1 heterocycles. The summed E-state index contributed by atoms with van der Waals surface area (Å²) in [7, 11) is -1.05. The van der Waals surface area contributed by atoms with Crippen molar-refractivity contribution in [1.82, 2.24) is 9.47 Å². The van der Waals surface area contributed by atoms with E-state index in [0.29, 0.717) is 18.8 Å². The summed E-state index contributed by atoms with van der Waals surface area (Å²) in [6.45, 7) is 1.81. The second kappa shape index (κ2) is 6.72. The van der Waals surface area contributed by atoms with Crippen molar-refractivity contribution < 1.29 is 8.42 Å². The number of hydrogen-bond donors (Lipinski definition) is 1. The van der Waals surface area contributed by atoms with Crippen LogP contribution in [0, 0.1) is 0 Å². The van der Waals surface area contributed by atoms with Gasteiger partial charge in [0.25, 0.3) is 5.56 Å². The Hall–Kier alpha value is -1.34. The van der Waals surface area contributed by atoms with Crippen LogP contribution in [0.5, 0.6) is 0 Å². The second-order valence-corrected chi connectivity index (χ2v) is 7.04. The summed E-state index contributed by atoms with van der Waals surface area (Å²) >= 11 is 0. The number of aryl methyl sites for hydroxylation is 1. The van der Waals surface area contributed by atoms with Crippen molar-refractivity contribution in [3.63, 3.8) is 0 Å². The van der Waals surface area contributed by atoms with Gasteiger partial charge in [-0.25, -0.2) is 8.42 Å². The molecule has 0 atom stereocenters. The van der Waals surface area contributed by atoms with Crippen molar-refractivity contribution in [3.05, 3.63) is 28.7 Å². The molecule has 0 fully saturated rings. The van der Waals surface area contributed by atoms with Crippen LogP contribution in [0.3, 0.4) is 0 Å². The van der Waals surface area contributed by atoms with Crippen LogP contribution in [0.2, 0.25) is 0 Å². The molecule has 0 unspecified atom stereocenters. The van der Waals surface area contributed by atoms with Crippen molar-refractivity contribution >= 4 is 15.5 Å². The lowest BCUT2D eigenvalue weighted by Gasteiger charge is -2.16. The van der Waals surface area contributed by atoms with E-state index in [0.717, 1.165) is 13.0 Å². The van der Waals surface area contributed by atoms with Crippen LogP contribution in [0.15, 0.2) is 23.1 Å². The molecule has 0 radical (unpaired) electrons. The fourth-order valence-electron chi connectivity index (χ4n) is 1.67. The van der Waals surface area contributed by atoms with Gasteiger partial charge in [0.1, 0.15) is 9.84 Å². The molecule has 0 saturated carbocycles. The number of pyridine rings is 1. The zero-order valence-corrected chi connectivity index (χ0v) is 12.2. The van der Waals surface area contributed by atoms with Gasteiger partial charge in [-0.3, -0.25) is 4.79 Å². The van der Waals surface area contributed by atoms with E-state index in [1.807, 2.05) is 11.9 Å². The first-order chi connectivity index (χ1) is 8.78. The molecule has 108 valence electrons. The van der Waals surface area contributed by atoms with Gasteiger partial charge in [0, 0.05) is 37.3 Å². The van der Waals surface area contributed by atoms with Crippen LogP contribution in [0.4, 0.5) is 5.69 Å². The minimum Gasteiger partial charge on any atom is -0.398 e. The van der Waals surface area contributed by atoms with E-state index in [2.05, 4.69) is 0 Å². The smallest absolute Gasteiger partial charge is 0.250 e. The molecule has 1 aromatic heterocycles. The number of nitrogens with zero attached hydrogens (tertiary/aromatic N) is 2. The second-order valence-electron chi connectivity index (χ2n) is 4.78. The lowest BCUT2D eigenvalue weighted by molar-refractivity contribution is 0.337. The highest BCUT2D eigenvalue weighted by Gasteiger charge is 2.05. The highest BCUT2D eigenvalue weighted by molar-refractivity contribution is 7.90. The molecule has 0 aliphatic heterocycles. The molecule has 0 saturated heterocycles. The van der Waals surface area contributed by atoms with Gasteiger partial charge in [0.2, 0.25) is 0 Å². The molecule has 0 aliphatic rings. The van der Waals surface area contributed by atoms with E-state index in [1.165, 1.54) is 12.3 Å². The third-order valence-electron chi connectivity index (χ3n) is 2.79. The normalized spacial score (nSPS) is 11.9. The van der Waals surface area contributed by atoms with Gasteiger partial charge in [0.15, 0.2) is 0 Å². The monoisotopic (exact) mass is 287 g/mol. The van der Waals surface area contributed by atoms with Crippen molar-refractivity contribution in [2.24, 2.45) is 0 Å². The minimum atomic E-state index is -2.92. The summed E-state index contributed by atoms with van der Waals surface area (Å²) in [4.78, 5) is 13.5. The number of anilines is 1. The maximum absolute atomic E-state index is 11.5. The van der Waals surface area contributed by atoms with Crippen LogP contribution in [-0.2, 0) is 16.4 Å². The van der Waals surface area contributed by atoms with Gasteiger partial charge in [-0.1, -0.05) is 0 Å². The van der Waals surface area contributed by atoms with Gasteiger partial charge in [-0.2, -0.15) is 0 Å². The predicted octanol–water partition coefficient (Wildman–Crippen LogP) is -0.203. The first kappa shape index (κ1) is 15.7. The number of rotatable bonds is 7. The Morgan fingerprint density at radius 3 is 2.63 bits per heavy atom. The molecule has 7 heteroatoms. The Labute approximate surface area is 113 Å². The number of aromatic nitrogens is 1. The summed E-state index contributed by atoms with van der Waals surface area (Å²) < 4.78 is 23.6. The van der Waals surface area contributed by atoms with Crippen molar-refractivity contribution in [1.29, 1.82) is 0 Å². The molecular formula is C12H21N3O3S. The lowest BCUT2D eigenvalue weighted by atomic mass is 10.3. The maximum atomic E-state index is 11.5. The molecule has 1 aromatic rings. The molecule has 19 heavy (non-hydrogen) atoms. The van der Waals surface area contributed by atoms with E-state index in [9.17, 15) is 13.2 Å². The summed E-state index contributed by atoms with van der Waals surface area (Å²) in [5, 5.41) is 0. The van der Waals surface area contributed by atoms with E-state index >= 15 is 0 Å². The van der Waals surface area contributed by atoms with E-state index in [1.54, 1.807) is 16.8 Å². The standard InChI is InChI=1S/C12H21N3O3S/c1-14(8-9-19(2,17)18)6-3-7-15-10-11(13)4-5-12(15)16/h4-5,10H,3,6-9,13H2,1-2H3. The summed E-state index contributed by atoms with van der Waals surface area (Å²) in [5.41, 5.74) is 6.10. The molecule has 0 spiro atoms. The average Bonchev–Trinajstić information content (AvgIpc) is 2.30. The van der Waals surface area contributed by atoms with Crippen LogP contribution < -0.4 is 11.3 Å². The van der Waals surface area contributed by atoms with Gasteiger partial charge in [-0.05, 0) is 26.1 Å². The number of nitrogens with two attached hydrogens (primary N) is 1. The topological polar surface area (TPSA) is 85.4 Å². The molecule has 0 amide bonds. The number of sulfone groups is 1. The summed E-state index contributed by atoms with van der Waals surface area (Å²) in [6.07, 6.45) is 3.62. The van der Waals surface area contributed by atoms with Crippen molar-refractivity contribution in [2.75, 3.05) is 37.9 Å². The van der Waals surface area contributed by atoms with E-state index < -0.39 is 9.84 Å². The fourth-order valence-corrected chi connectivity index (χ4v) is 2.31. The molecule has 2 N–H and O–H groups in total. The van der Waals surface area contributed by atoms with Crippen LogP contribution in [-0.4, -0.2) is 50.0 Å². The molecule has 0 bridgehead atoms.